The molecule has 64 valence electrons. The number of hydrogen-bond donors (Lipinski definition) is 3. The van der Waals surface area contributed by atoms with E-state index >= 15 is 0 Å². The van der Waals surface area contributed by atoms with Crippen LogP contribution in [0.3, 0.4) is 0 Å². The Labute approximate surface area is 67.4 Å². The summed E-state index contributed by atoms with van der Waals surface area (Å²) in [5, 5.41) is 0. The first-order valence-corrected chi connectivity index (χ1v) is 4.45. The predicted molar refractivity (Wildman–Crippen MR) is 38.6 cm³/mol. The molecule has 1 amide bonds. The molecule has 1 aliphatic rings. The molecule has 0 aromatic carbocycles. The fourth-order valence-corrected chi connectivity index (χ4v) is 1.68. The van der Waals surface area contributed by atoms with Crippen molar-refractivity contribution in [2.45, 2.75) is 0 Å². The number of imidazole rings is 1. The van der Waals surface area contributed by atoms with Gasteiger partial charge in [0.25, 0.3) is 5.91 Å². The minimum atomic E-state index is -3.75. The van der Waals surface area contributed by atoms with E-state index in [4.69, 9.17) is 0 Å². The van der Waals surface area contributed by atoms with Crippen molar-refractivity contribution in [1.29, 1.82) is 0 Å². The maximum absolute atomic E-state index is 11.0. The highest BCUT2D eigenvalue weighted by atomic mass is 32.2. The Kier molecular flexibility index (Phi) is 1.17. The van der Waals surface area contributed by atoms with Crippen LogP contribution in [0, 0.1) is 0 Å². The molecular formula is C4H4N4O3S. The fraction of sp³-hybridized carbons (Fsp3) is 0. The van der Waals surface area contributed by atoms with E-state index < -0.39 is 16.1 Å². The van der Waals surface area contributed by atoms with Crippen LogP contribution in [-0.2, 0) is 10.2 Å². The van der Waals surface area contributed by atoms with Crippen molar-refractivity contribution in [2.24, 2.45) is 0 Å². The first kappa shape index (κ1) is 7.10. The second kappa shape index (κ2) is 1.97. The zero-order valence-electron chi connectivity index (χ0n) is 5.66. The largest absolute Gasteiger partial charge is 0.339 e. The molecule has 2 heterocycles. The normalized spacial score (nSPS) is 19.2. The standard InChI is InChI=1S/C4H4N4O3S/c9-4-2-3(6-1-5-2)7-12(10,11)8-4/h1,7H,(H,5,6)(H,8,9). The number of aromatic amines is 1. The Hall–Kier alpha value is -1.57. The molecule has 12 heavy (non-hydrogen) atoms. The molecule has 1 aromatic rings. The summed E-state index contributed by atoms with van der Waals surface area (Å²) in [6.07, 6.45) is 1.23. The maximum Gasteiger partial charge on any atom is 0.325 e. The van der Waals surface area contributed by atoms with Gasteiger partial charge in [-0.05, 0) is 0 Å². The lowest BCUT2D eigenvalue weighted by Gasteiger charge is -2.12. The third kappa shape index (κ3) is 0.925. The molecule has 1 aromatic heterocycles. The zero-order chi connectivity index (χ0) is 8.77. The smallest absolute Gasteiger partial charge is 0.325 e. The van der Waals surface area contributed by atoms with Crippen molar-refractivity contribution in [3.63, 3.8) is 0 Å². The van der Waals surface area contributed by atoms with Crippen LogP contribution in [0.4, 0.5) is 5.82 Å². The van der Waals surface area contributed by atoms with Gasteiger partial charge < -0.3 is 4.98 Å². The maximum atomic E-state index is 11.0. The lowest BCUT2D eigenvalue weighted by Crippen LogP contribution is -2.40. The molecule has 0 spiro atoms. The van der Waals surface area contributed by atoms with Crippen LogP contribution in [0.25, 0.3) is 0 Å². The highest BCUT2D eigenvalue weighted by Gasteiger charge is 2.27. The van der Waals surface area contributed by atoms with Gasteiger partial charge in [0.2, 0.25) is 0 Å². The van der Waals surface area contributed by atoms with Gasteiger partial charge in [0.05, 0.1) is 6.33 Å². The average molecular weight is 188 g/mol. The summed E-state index contributed by atoms with van der Waals surface area (Å²) >= 11 is 0. The number of anilines is 1. The molecule has 1 aliphatic heterocycles. The molecule has 0 atom stereocenters. The second-order valence-electron chi connectivity index (χ2n) is 2.16. The Morgan fingerprint density at radius 3 is 2.83 bits per heavy atom. The molecule has 0 radical (unpaired) electrons. The lowest BCUT2D eigenvalue weighted by molar-refractivity contribution is 0.0976. The molecular weight excluding hydrogens is 184 g/mol. The van der Waals surface area contributed by atoms with Crippen LogP contribution in [0.2, 0.25) is 0 Å². The molecule has 2 rings (SSSR count). The highest BCUT2D eigenvalue weighted by Crippen LogP contribution is 2.14. The predicted octanol–water partition coefficient (Wildman–Crippen LogP) is -1.19. The SMILES string of the molecule is O=C1NS(=O)(=O)Nc2nc[nH]c21. The number of rotatable bonds is 0. The summed E-state index contributed by atoms with van der Waals surface area (Å²) < 4.78 is 25.4. The van der Waals surface area contributed by atoms with Crippen LogP contribution in [0.5, 0.6) is 0 Å². The van der Waals surface area contributed by atoms with Crippen molar-refractivity contribution < 1.29 is 13.2 Å². The van der Waals surface area contributed by atoms with Crippen molar-refractivity contribution in [3.8, 4) is 0 Å². The Balaban J connectivity index is 2.60. The first-order chi connectivity index (χ1) is 5.58. The number of hydrogen-bond acceptors (Lipinski definition) is 4. The third-order valence-corrected chi connectivity index (χ3v) is 2.24. The van der Waals surface area contributed by atoms with Crippen LogP contribution in [0.1, 0.15) is 10.5 Å². The van der Waals surface area contributed by atoms with Gasteiger partial charge in [-0.1, -0.05) is 0 Å². The van der Waals surface area contributed by atoms with Gasteiger partial charge in [0.1, 0.15) is 0 Å². The molecule has 0 fully saturated rings. The van der Waals surface area contributed by atoms with Crippen LogP contribution < -0.4 is 9.44 Å². The first-order valence-electron chi connectivity index (χ1n) is 2.97. The minimum absolute atomic E-state index is 0.0266. The molecule has 0 saturated carbocycles. The minimum Gasteiger partial charge on any atom is -0.339 e. The summed E-state index contributed by atoms with van der Waals surface area (Å²) in [5.41, 5.74) is 0.116. The van der Waals surface area contributed by atoms with Crippen LogP contribution in [-0.4, -0.2) is 24.3 Å². The molecule has 0 aliphatic carbocycles. The van der Waals surface area contributed by atoms with Crippen LogP contribution in [0.15, 0.2) is 6.33 Å². The summed E-state index contributed by atoms with van der Waals surface area (Å²) in [4.78, 5) is 17.1. The number of fused-ring (bicyclic) bond motifs is 1. The fourth-order valence-electron chi connectivity index (χ4n) is 0.871. The summed E-state index contributed by atoms with van der Waals surface area (Å²) in [5.74, 6) is -0.681. The number of H-pyrrole nitrogens is 1. The van der Waals surface area contributed by atoms with Crippen LogP contribution >= 0.6 is 0 Å². The number of nitrogens with one attached hydrogen (secondary N) is 3. The van der Waals surface area contributed by atoms with Gasteiger partial charge in [-0.15, -0.1) is 0 Å². The van der Waals surface area contributed by atoms with Gasteiger partial charge in [-0.25, -0.2) is 14.4 Å². The average Bonchev–Trinajstić information content (AvgIpc) is 2.31. The number of carbonyl (C=O) groups excluding carboxylic acids is 1. The van der Waals surface area contributed by atoms with Crippen molar-refractivity contribution in [1.82, 2.24) is 14.7 Å². The number of amides is 1. The van der Waals surface area contributed by atoms with Crippen molar-refractivity contribution >= 4 is 21.9 Å². The third-order valence-electron chi connectivity index (χ3n) is 1.32. The van der Waals surface area contributed by atoms with Crippen molar-refractivity contribution in [3.05, 3.63) is 12.0 Å². The molecule has 3 N–H and O–H groups in total. The number of nitrogens with zero attached hydrogens (tertiary/aromatic N) is 1. The van der Waals surface area contributed by atoms with E-state index in [9.17, 15) is 13.2 Å². The van der Waals surface area contributed by atoms with E-state index in [2.05, 4.69) is 9.97 Å². The van der Waals surface area contributed by atoms with E-state index in [0.29, 0.717) is 0 Å². The second-order valence-corrected chi connectivity index (χ2v) is 3.58. The highest BCUT2D eigenvalue weighted by molar-refractivity contribution is 7.91. The lowest BCUT2D eigenvalue weighted by atomic mass is 10.4. The van der Waals surface area contributed by atoms with E-state index in [0.717, 1.165) is 0 Å². The molecule has 8 heteroatoms. The van der Waals surface area contributed by atoms with Crippen molar-refractivity contribution in [2.75, 3.05) is 4.72 Å². The van der Waals surface area contributed by atoms with Gasteiger partial charge in [-0.2, -0.15) is 8.42 Å². The Bertz CT molecular complexity index is 433. The van der Waals surface area contributed by atoms with Gasteiger partial charge in [-0.3, -0.25) is 4.79 Å². The molecule has 0 bridgehead atoms. The van der Waals surface area contributed by atoms with E-state index in [1.54, 1.807) is 4.72 Å². The van der Waals surface area contributed by atoms with Gasteiger partial charge in [0.15, 0.2) is 11.5 Å². The van der Waals surface area contributed by atoms with E-state index in [1.807, 2.05) is 4.72 Å². The van der Waals surface area contributed by atoms with Gasteiger partial charge in [0, 0.05) is 0 Å². The molecule has 0 unspecified atom stereocenters. The quantitative estimate of drug-likeness (QED) is 0.476. The summed E-state index contributed by atoms with van der Waals surface area (Å²) in [6, 6.07) is 0. The Morgan fingerprint density at radius 1 is 1.33 bits per heavy atom. The Morgan fingerprint density at radius 2 is 2.08 bits per heavy atom. The molecule has 7 nitrogen and oxygen atoms in total. The topological polar surface area (TPSA) is 104 Å². The summed E-state index contributed by atoms with van der Waals surface area (Å²) in [7, 11) is -3.75. The van der Waals surface area contributed by atoms with E-state index in [-0.39, 0.29) is 11.5 Å². The van der Waals surface area contributed by atoms with E-state index in [1.165, 1.54) is 6.33 Å². The number of aromatic nitrogens is 2. The molecule has 0 saturated heterocycles. The monoisotopic (exact) mass is 188 g/mol. The zero-order valence-corrected chi connectivity index (χ0v) is 6.47. The van der Waals surface area contributed by atoms with Gasteiger partial charge >= 0.3 is 10.2 Å². The number of carbonyl (C=O) groups is 1. The summed E-state index contributed by atoms with van der Waals surface area (Å²) in [6.45, 7) is 0.